The SMILES string of the molecule is COc1cc(C(=O)O)ccc1N(Cc1cc(C2CC2)cc(C(C)(C)C)c1)C(=O)CN(Cc1c(F)c(F)c(F)c(F)c1F)S(=O)(=O)c1c(F)c(F)c(F)c(F)c1F. The number of rotatable bonds is 12. The van der Waals surface area contributed by atoms with Crippen LogP contribution in [-0.4, -0.2) is 43.4 Å². The van der Waals surface area contributed by atoms with Gasteiger partial charge in [0, 0.05) is 12.1 Å². The number of carboxylic acids is 1. The lowest BCUT2D eigenvalue weighted by molar-refractivity contribution is -0.119. The Balaban J connectivity index is 1.73. The van der Waals surface area contributed by atoms with Crippen LogP contribution in [0.3, 0.4) is 0 Å². The second-order valence-corrected chi connectivity index (χ2v) is 15.8. The number of sulfonamides is 1. The molecule has 0 spiro atoms. The van der Waals surface area contributed by atoms with E-state index in [0.717, 1.165) is 54.2 Å². The minimum Gasteiger partial charge on any atom is -0.495 e. The molecule has 56 heavy (non-hydrogen) atoms. The Morgan fingerprint density at radius 3 is 1.75 bits per heavy atom. The van der Waals surface area contributed by atoms with Gasteiger partial charge in [0.25, 0.3) is 0 Å². The van der Waals surface area contributed by atoms with Gasteiger partial charge < -0.3 is 14.7 Å². The number of carboxylic acid groups (broad SMARTS) is 1. The second kappa shape index (κ2) is 15.4. The Morgan fingerprint density at radius 2 is 1.27 bits per heavy atom. The van der Waals surface area contributed by atoms with Crippen LogP contribution < -0.4 is 9.64 Å². The lowest BCUT2D eigenvalue weighted by Gasteiger charge is -2.30. The van der Waals surface area contributed by atoms with Crippen molar-refractivity contribution in [2.24, 2.45) is 0 Å². The molecule has 19 heteroatoms. The first-order valence-corrected chi connectivity index (χ1v) is 17.8. The fourth-order valence-corrected chi connectivity index (χ4v) is 7.26. The van der Waals surface area contributed by atoms with Crippen LogP contribution in [0.5, 0.6) is 5.75 Å². The largest absolute Gasteiger partial charge is 0.495 e. The Bertz CT molecular complexity index is 2320. The number of hydrogen-bond acceptors (Lipinski definition) is 5. The third kappa shape index (κ3) is 7.91. The molecular weight excluding hydrogens is 790 g/mol. The zero-order valence-corrected chi connectivity index (χ0v) is 30.5. The summed E-state index contributed by atoms with van der Waals surface area (Å²) in [5.41, 5.74) is -1.04. The molecule has 1 fully saturated rings. The van der Waals surface area contributed by atoms with E-state index in [4.69, 9.17) is 4.74 Å². The van der Waals surface area contributed by atoms with Gasteiger partial charge in [0.1, 0.15) is 5.75 Å². The number of anilines is 1. The molecule has 0 atom stereocenters. The van der Waals surface area contributed by atoms with Crippen LogP contribution in [0.4, 0.5) is 49.6 Å². The molecule has 1 saturated carbocycles. The molecule has 4 aromatic rings. The fourth-order valence-electron chi connectivity index (χ4n) is 5.79. The average molecular weight is 821 g/mol. The fraction of sp³-hybridized carbons (Fsp3) is 0.297. The highest BCUT2D eigenvalue weighted by Gasteiger charge is 2.41. The molecule has 0 saturated heterocycles. The first-order valence-electron chi connectivity index (χ1n) is 16.4. The standard InChI is InChI=1S/C37H30F10N2O6S/c1-37(2,3)20-10-16(9-19(11-20)17-5-6-17)13-49(22-8-7-18(36(51)52)12-23(22)55-4)24(50)15-48(14-21-25(38)27(40)29(42)28(41)26(21)39)56(53,54)35-33(46)31(44)30(43)32(45)34(35)47/h7-12,17H,5-6,13-15H2,1-4H3,(H,51,52). The molecular formula is C37H30F10N2O6S. The summed E-state index contributed by atoms with van der Waals surface area (Å²) in [6, 6.07) is 8.38. The van der Waals surface area contributed by atoms with Crippen LogP contribution in [0.1, 0.15) is 72.1 Å². The lowest BCUT2D eigenvalue weighted by Crippen LogP contribution is -2.43. The molecule has 0 aromatic heterocycles. The highest BCUT2D eigenvalue weighted by molar-refractivity contribution is 7.89. The van der Waals surface area contributed by atoms with Crippen LogP contribution >= 0.6 is 0 Å². The quantitative estimate of drug-likeness (QED) is 0.0876. The van der Waals surface area contributed by atoms with Gasteiger partial charge in [0.15, 0.2) is 51.4 Å². The number of halogens is 10. The number of aromatic carboxylic acids is 1. The topological polar surface area (TPSA) is 104 Å². The van der Waals surface area contributed by atoms with E-state index < -0.39 is 120 Å². The maximum Gasteiger partial charge on any atom is 0.335 e. The molecule has 1 amide bonds. The predicted molar refractivity (Wildman–Crippen MR) is 178 cm³/mol. The molecule has 1 aliphatic carbocycles. The smallest absolute Gasteiger partial charge is 0.335 e. The zero-order chi connectivity index (χ0) is 41.8. The van der Waals surface area contributed by atoms with Crippen molar-refractivity contribution in [2.45, 2.75) is 62.9 Å². The van der Waals surface area contributed by atoms with Crippen molar-refractivity contribution < 1.29 is 71.8 Å². The molecule has 0 unspecified atom stereocenters. The molecule has 0 bridgehead atoms. The van der Waals surface area contributed by atoms with E-state index in [0.29, 0.717) is 5.56 Å². The van der Waals surface area contributed by atoms with Gasteiger partial charge in [0.05, 0.1) is 31.5 Å². The third-order valence-corrected chi connectivity index (χ3v) is 10.8. The number of carbonyl (C=O) groups is 2. The van der Waals surface area contributed by atoms with E-state index in [1.807, 2.05) is 26.8 Å². The van der Waals surface area contributed by atoms with Crippen molar-refractivity contribution in [1.29, 1.82) is 0 Å². The van der Waals surface area contributed by atoms with Gasteiger partial charge in [-0.15, -0.1) is 0 Å². The molecule has 5 rings (SSSR count). The van der Waals surface area contributed by atoms with Crippen molar-refractivity contribution >= 4 is 27.6 Å². The Morgan fingerprint density at radius 1 is 0.750 bits per heavy atom. The molecule has 0 aliphatic heterocycles. The maximum atomic E-state index is 15.0. The van der Waals surface area contributed by atoms with Crippen LogP contribution in [0.2, 0.25) is 0 Å². The van der Waals surface area contributed by atoms with Crippen molar-refractivity contribution in [2.75, 3.05) is 18.6 Å². The first kappa shape index (κ1) is 42.0. The molecule has 0 heterocycles. The second-order valence-electron chi connectivity index (χ2n) is 13.9. The summed E-state index contributed by atoms with van der Waals surface area (Å²) in [6.07, 6.45) is 1.67. The number of carbonyl (C=O) groups excluding carboxylic acids is 1. The van der Waals surface area contributed by atoms with Gasteiger partial charge in [0.2, 0.25) is 27.6 Å². The summed E-state index contributed by atoms with van der Waals surface area (Å²) in [6.45, 7) is 1.28. The van der Waals surface area contributed by atoms with Gasteiger partial charge in [-0.2, -0.15) is 4.31 Å². The number of ether oxygens (including phenoxy) is 1. The van der Waals surface area contributed by atoms with Crippen LogP contribution in [0.25, 0.3) is 0 Å². The zero-order valence-electron chi connectivity index (χ0n) is 29.6. The number of benzene rings is 4. The van der Waals surface area contributed by atoms with E-state index in [9.17, 15) is 58.2 Å². The third-order valence-electron chi connectivity index (χ3n) is 9.00. The van der Waals surface area contributed by atoms with Gasteiger partial charge in [-0.25, -0.2) is 57.1 Å². The van der Waals surface area contributed by atoms with E-state index in [1.165, 1.54) is 0 Å². The summed E-state index contributed by atoms with van der Waals surface area (Å²) < 4.78 is 177. The molecule has 1 N–H and O–H groups in total. The summed E-state index contributed by atoms with van der Waals surface area (Å²) >= 11 is 0. The summed E-state index contributed by atoms with van der Waals surface area (Å²) in [5.74, 6) is -30.5. The Hall–Kier alpha value is -5.17. The van der Waals surface area contributed by atoms with Crippen molar-refractivity contribution in [3.63, 3.8) is 0 Å². The van der Waals surface area contributed by atoms with Gasteiger partial charge in [-0.1, -0.05) is 39.0 Å². The molecule has 300 valence electrons. The summed E-state index contributed by atoms with van der Waals surface area (Å²) in [7, 11) is -5.27. The van der Waals surface area contributed by atoms with Crippen molar-refractivity contribution in [1.82, 2.24) is 4.31 Å². The Kier molecular flexibility index (Phi) is 11.5. The highest BCUT2D eigenvalue weighted by Crippen LogP contribution is 2.42. The predicted octanol–water partition coefficient (Wildman–Crippen LogP) is 8.38. The van der Waals surface area contributed by atoms with E-state index >= 15 is 8.78 Å². The Labute approximate surface area is 313 Å². The van der Waals surface area contributed by atoms with Crippen LogP contribution in [0, 0.1) is 58.2 Å². The normalized spacial score (nSPS) is 13.3. The number of methoxy groups -OCH3 is 1. The van der Waals surface area contributed by atoms with Gasteiger partial charge in [-0.05, 0) is 59.1 Å². The summed E-state index contributed by atoms with van der Waals surface area (Å²) in [4.78, 5) is 24.3. The maximum absolute atomic E-state index is 15.0. The first-order chi connectivity index (χ1) is 26.0. The molecule has 0 radical (unpaired) electrons. The molecule has 8 nitrogen and oxygen atoms in total. The highest BCUT2D eigenvalue weighted by atomic mass is 32.2. The monoisotopic (exact) mass is 820 g/mol. The minimum atomic E-state index is -6.34. The van der Waals surface area contributed by atoms with E-state index in [1.54, 1.807) is 12.1 Å². The van der Waals surface area contributed by atoms with Crippen LogP contribution in [0.15, 0.2) is 41.3 Å². The lowest BCUT2D eigenvalue weighted by atomic mass is 9.84. The number of nitrogens with zero attached hydrogens (tertiary/aromatic N) is 2. The van der Waals surface area contributed by atoms with Gasteiger partial charge in [-0.3, -0.25) is 4.79 Å². The van der Waals surface area contributed by atoms with Gasteiger partial charge >= 0.3 is 5.97 Å². The van der Waals surface area contributed by atoms with Crippen molar-refractivity contribution in [3.8, 4) is 5.75 Å². The van der Waals surface area contributed by atoms with Crippen molar-refractivity contribution in [3.05, 3.63) is 122 Å². The summed E-state index contributed by atoms with van der Waals surface area (Å²) in [5, 5.41) is 9.55. The molecule has 4 aromatic carbocycles. The molecule has 1 aliphatic rings. The van der Waals surface area contributed by atoms with E-state index in [-0.39, 0.29) is 22.9 Å². The average Bonchev–Trinajstić information content (AvgIpc) is 4.00. The van der Waals surface area contributed by atoms with E-state index in [2.05, 4.69) is 0 Å². The minimum absolute atomic E-state index is 0.146. The van der Waals surface area contributed by atoms with Crippen LogP contribution in [-0.2, 0) is 33.3 Å². The number of amides is 1. The number of hydrogen-bond donors (Lipinski definition) is 1.